The van der Waals surface area contributed by atoms with Crippen molar-refractivity contribution in [3.63, 3.8) is 0 Å². The summed E-state index contributed by atoms with van der Waals surface area (Å²) in [5.74, 6) is -0.170. The molecule has 0 saturated heterocycles. The summed E-state index contributed by atoms with van der Waals surface area (Å²) in [6, 6.07) is 8.24. The van der Waals surface area contributed by atoms with Crippen LogP contribution in [0.5, 0.6) is 0 Å². The number of anilines is 4. The van der Waals surface area contributed by atoms with Gasteiger partial charge in [0.15, 0.2) is 0 Å². The quantitative estimate of drug-likeness (QED) is 0.306. The third-order valence-corrected chi connectivity index (χ3v) is 8.28. The Morgan fingerprint density at radius 2 is 1.97 bits per heavy atom. The smallest absolute Gasteiger partial charge is 0.243 e. The van der Waals surface area contributed by atoms with Gasteiger partial charge in [-0.15, -0.1) is 0 Å². The molecule has 11 nitrogen and oxygen atoms in total. The molecule has 0 aliphatic carbocycles. The minimum Gasteiger partial charge on any atom is -0.399 e. The van der Waals surface area contributed by atoms with E-state index < -0.39 is 30.8 Å². The molecule has 0 saturated carbocycles. The summed E-state index contributed by atoms with van der Waals surface area (Å²) < 4.78 is 69.4. The van der Waals surface area contributed by atoms with Crippen LogP contribution >= 0.6 is 0 Å². The molecule has 4 bridgehead atoms. The van der Waals surface area contributed by atoms with E-state index in [9.17, 15) is 21.2 Å². The number of aryl methyl sites for hydroxylation is 1. The summed E-state index contributed by atoms with van der Waals surface area (Å²) in [4.78, 5) is 8.36. The van der Waals surface area contributed by atoms with Gasteiger partial charge in [-0.3, -0.25) is 0 Å². The van der Waals surface area contributed by atoms with Crippen molar-refractivity contribution < 1.29 is 21.2 Å². The normalized spacial score (nSPS) is 15.5. The number of fused-ring (bicyclic) bond motifs is 4. The van der Waals surface area contributed by atoms with E-state index in [0.29, 0.717) is 35.6 Å². The van der Waals surface area contributed by atoms with Crippen molar-refractivity contribution in [1.29, 1.82) is 0 Å². The Morgan fingerprint density at radius 1 is 1.17 bits per heavy atom. The minimum atomic E-state index is -4.05. The second-order valence-corrected chi connectivity index (χ2v) is 11.7. The lowest BCUT2D eigenvalue weighted by molar-refractivity contribution is 0.556. The molecule has 6 N–H and O–H groups in total. The van der Waals surface area contributed by atoms with E-state index in [1.165, 1.54) is 24.3 Å². The molecule has 2 aromatic carbocycles. The lowest BCUT2D eigenvalue weighted by Gasteiger charge is -2.14. The molecular formula is C22H26FN7O4S2. The zero-order valence-corrected chi connectivity index (χ0v) is 21.0. The summed E-state index contributed by atoms with van der Waals surface area (Å²) in [5.41, 5.74) is 7.78. The highest BCUT2D eigenvalue weighted by Crippen LogP contribution is 2.24. The first-order chi connectivity index (χ1) is 17.0. The maximum Gasteiger partial charge on any atom is 0.243 e. The monoisotopic (exact) mass is 535 g/mol. The number of hydrogen-bond acceptors (Lipinski definition) is 9. The zero-order chi connectivity index (χ0) is 25.9. The molecule has 192 valence electrons. The second kappa shape index (κ2) is 10.3. The predicted octanol–water partition coefficient (Wildman–Crippen LogP) is 1.86. The first-order valence-corrected chi connectivity index (χ1v) is 14.0. The third-order valence-electron chi connectivity index (χ3n) is 5.36. The van der Waals surface area contributed by atoms with Gasteiger partial charge in [-0.25, -0.2) is 35.7 Å². The number of sulfonamides is 2. The standard InChI is InChI=1S/C22H26FN7O4S2/c1-14-3-4-19(23)20(9-14)36(33,34)28-8-5-15-13-26-22-29-17-10-16(24)11-18(12-17)35(31,32)27-7-2-6-25-21(15)30-22/h3-4,9-13,27-28H,2,5-8,24H2,1H3,(H2,25,26,29,30). The Morgan fingerprint density at radius 3 is 2.78 bits per heavy atom. The van der Waals surface area contributed by atoms with Crippen LogP contribution in [0.4, 0.5) is 27.5 Å². The maximum absolute atomic E-state index is 14.1. The number of hydrogen-bond donors (Lipinski definition) is 5. The first-order valence-electron chi connectivity index (χ1n) is 11.1. The number of aromatic nitrogens is 2. The molecule has 4 rings (SSSR count). The van der Waals surface area contributed by atoms with Crippen molar-refractivity contribution in [3.8, 4) is 0 Å². The lowest BCUT2D eigenvalue weighted by Crippen LogP contribution is -2.27. The van der Waals surface area contributed by atoms with Crippen LogP contribution in [0.15, 0.2) is 52.4 Å². The third kappa shape index (κ3) is 6.07. The predicted molar refractivity (Wildman–Crippen MR) is 134 cm³/mol. The van der Waals surface area contributed by atoms with Crippen LogP contribution in [0.25, 0.3) is 0 Å². The fourth-order valence-corrected chi connectivity index (χ4v) is 5.93. The largest absolute Gasteiger partial charge is 0.399 e. The van der Waals surface area contributed by atoms with Gasteiger partial charge in [0.25, 0.3) is 0 Å². The molecule has 36 heavy (non-hydrogen) atoms. The van der Waals surface area contributed by atoms with E-state index in [1.54, 1.807) is 19.2 Å². The van der Waals surface area contributed by atoms with Gasteiger partial charge in [0.2, 0.25) is 26.0 Å². The average Bonchev–Trinajstić information content (AvgIpc) is 2.81. The molecule has 0 spiro atoms. The van der Waals surface area contributed by atoms with E-state index in [4.69, 9.17) is 5.73 Å². The van der Waals surface area contributed by atoms with Gasteiger partial charge in [0, 0.05) is 42.8 Å². The highest BCUT2D eigenvalue weighted by Gasteiger charge is 2.20. The van der Waals surface area contributed by atoms with Crippen LogP contribution in [-0.2, 0) is 26.5 Å². The number of nitrogen functional groups attached to an aromatic ring is 1. The Labute approximate surface area is 208 Å². The Hall–Kier alpha value is -3.33. The van der Waals surface area contributed by atoms with Crippen molar-refractivity contribution in [2.45, 2.75) is 29.6 Å². The number of nitrogens with one attached hydrogen (secondary N) is 4. The van der Waals surface area contributed by atoms with Crippen LogP contribution in [0, 0.1) is 12.7 Å². The van der Waals surface area contributed by atoms with Crippen molar-refractivity contribution in [1.82, 2.24) is 19.4 Å². The molecule has 14 heteroatoms. The minimum absolute atomic E-state index is 0.0150. The fourth-order valence-electron chi connectivity index (χ4n) is 3.58. The Kier molecular flexibility index (Phi) is 7.40. The number of halogens is 1. The van der Waals surface area contributed by atoms with Gasteiger partial charge in [-0.05, 0) is 55.7 Å². The van der Waals surface area contributed by atoms with E-state index in [2.05, 4.69) is 30.0 Å². The van der Waals surface area contributed by atoms with Gasteiger partial charge in [0.05, 0.1) is 4.90 Å². The molecule has 0 amide bonds. The summed E-state index contributed by atoms with van der Waals surface area (Å²) in [5, 5.41) is 6.10. The highest BCUT2D eigenvalue weighted by atomic mass is 32.2. The average molecular weight is 536 g/mol. The van der Waals surface area contributed by atoms with E-state index in [-0.39, 0.29) is 36.0 Å². The maximum atomic E-state index is 14.1. The van der Waals surface area contributed by atoms with Crippen LogP contribution in [0.1, 0.15) is 17.5 Å². The number of nitrogens with zero attached hydrogens (tertiary/aromatic N) is 2. The summed E-state index contributed by atoms with van der Waals surface area (Å²) in [7, 11) is -7.81. The molecule has 0 fully saturated rings. The Bertz CT molecular complexity index is 1500. The SMILES string of the molecule is Cc1ccc(F)c(S(=O)(=O)NCCc2cnc3nc2NCCCNS(=O)(=O)c2cc(N)cc(c2)N3)c1. The number of rotatable bonds is 5. The summed E-state index contributed by atoms with van der Waals surface area (Å²) in [6.45, 7) is 2.24. The molecule has 1 aliphatic heterocycles. The number of benzene rings is 2. The van der Waals surface area contributed by atoms with Gasteiger partial charge < -0.3 is 16.4 Å². The van der Waals surface area contributed by atoms with Gasteiger partial charge in [0.1, 0.15) is 16.5 Å². The topological polar surface area (TPSA) is 168 Å². The molecule has 1 aliphatic rings. The molecule has 1 aromatic heterocycles. The highest BCUT2D eigenvalue weighted by molar-refractivity contribution is 7.89. The van der Waals surface area contributed by atoms with Crippen LogP contribution in [0.2, 0.25) is 0 Å². The second-order valence-electron chi connectivity index (χ2n) is 8.24. The zero-order valence-electron chi connectivity index (χ0n) is 19.4. The van der Waals surface area contributed by atoms with Crippen LogP contribution in [-0.4, -0.2) is 46.4 Å². The van der Waals surface area contributed by atoms with Gasteiger partial charge in [-0.1, -0.05) is 6.07 Å². The molecule has 0 radical (unpaired) electrons. The molecule has 2 heterocycles. The van der Waals surface area contributed by atoms with E-state index in [0.717, 1.165) is 6.07 Å². The first kappa shape index (κ1) is 25.8. The fraction of sp³-hybridized carbons (Fsp3) is 0.273. The van der Waals surface area contributed by atoms with E-state index in [1.807, 2.05) is 0 Å². The van der Waals surface area contributed by atoms with Gasteiger partial charge in [-0.2, -0.15) is 4.98 Å². The van der Waals surface area contributed by atoms with Gasteiger partial charge >= 0.3 is 0 Å². The van der Waals surface area contributed by atoms with Crippen LogP contribution < -0.4 is 25.8 Å². The van der Waals surface area contributed by atoms with Crippen molar-refractivity contribution in [3.05, 3.63) is 59.5 Å². The number of nitrogens with two attached hydrogens (primary N) is 1. The van der Waals surface area contributed by atoms with Crippen molar-refractivity contribution in [2.75, 3.05) is 36.0 Å². The Balaban J connectivity index is 1.55. The van der Waals surface area contributed by atoms with E-state index >= 15 is 0 Å². The summed E-state index contributed by atoms with van der Waals surface area (Å²) >= 11 is 0. The van der Waals surface area contributed by atoms with Crippen molar-refractivity contribution >= 4 is 43.2 Å². The van der Waals surface area contributed by atoms with Crippen molar-refractivity contribution in [2.24, 2.45) is 0 Å². The molecule has 3 aromatic rings. The molecule has 0 unspecified atom stereocenters. The van der Waals surface area contributed by atoms with Crippen LogP contribution in [0.3, 0.4) is 0 Å². The lowest BCUT2D eigenvalue weighted by atomic mass is 10.2. The summed E-state index contributed by atoms with van der Waals surface area (Å²) in [6.07, 6.45) is 2.23. The molecular weight excluding hydrogens is 509 g/mol. The molecule has 0 atom stereocenters.